The van der Waals surface area contributed by atoms with Crippen molar-refractivity contribution >= 4 is 11.3 Å². The minimum atomic E-state index is 0.180. The molecule has 3 rings (SSSR count). The van der Waals surface area contributed by atoms with Gasteiger partial charge in [0.25, 0.3) is 0 Å². The number of nitrogens with zero attached hydrogens (tertiary/aromatic N) is 3. The van der Waals surface area contributed by atoms with Crippen LogP contribution in [0.25, 0.3) is 0 Å². The number of aromatic nitrogens is 1. The Kier molecular flexibility index (Phi) is 5.76. The van der Waals surface area contributed by atoms with Gasteiger partial charge in [-0.05, 0) is 45.3 Å². The Morgan fingerprint density at radius 1 is 1.09 bits per heavy atom. The molecule has 1 aromatic rings. The Bertz CT molecular complexity index is 483. The van der Waals surface area contributed by atoms with Gasteiger partial charge in [0.1, 0.15) is 0 Å². The van der Waals surface area contributed by atoms with Crippen molar-refractivity contribution < 1.29 is 0 Å². The number of likely N-dealkylation sites (tertiary alicyclic amines) is 2. The third-order valence-electron chi connectivity index (χ3n) is 5.22. The van der Waals surface area contributed by atoms with Crippen LogP contribution in [-0.2, 0) is 12.0 Å². The molecule has 1 unspecified atom stereocenters. The maximum Gasteiger partial charge on any atom is 0.0982 e. The summed E-state index contributed by atoms with van der Waals surface area (Å²) in [6.45, 7) is 12.9. The number of thiazole rings is 1. The summed E-state index contributed by atoms with van der Waals surface area (Å²) < 4.78 is 0. The van der Waals surface area contributed by atoms with Gasteiger partial charge in [0.15, 0.2) is 0 Å². The number of hydrogen-bond donors (Lipinski definition) is 0. The molecule has 1 aromatic heterocycles. The molecule has 2 aliphatic heterocycles. The van der Waals surface area contributed by atoms with E-state index in [-0.39, 0.29) is 5.41 Å². The third-order valence-corrected chi connectivity index (χ3v) is 6.53. The lowest BCUT2D eigenvalue weighted by Gasteiger charge is -2.38. The van der Waals surface area contributed by atoms with Crippen LogP contribution in [0.15, 0.2) is 5.38 Å². The van der Waals surface area contributed by atoms with Crippen molar-refractivity contribution in [3.05, 3.63) is 16.1 Å². The maximum atomic E-state index is 4.89. The van der Waals surface area contributed by atoms with Crippen LogP contribution in [0.3, 0.4) is 0 Å². The molecule has 2 saturated heterocycles. The first-order chi connectivity index (χ1) is 11.0. The van der Waals surface area contributed by atoms with E-state index in [2.05, 4.69) is 36.0 Å². The molecule has 130 valence electrons. The lowest BCUT2D eigenvalue weighted by atomic mass is 9.98. The minimum Gasteiger partial charge on any atom is -0.299 e. The molecule has 0 aliphatic carbocycles. The van der Waals surface area contributed by atoms with Crippen molar-refractivity contribution in [1.29, 1.82) is 0 Å². The fraction of sp³-hybridized carbons (Fsp3) is 0.842. The summed E-state index contributed by atoms with van der Waals surface area (Å²) in [5.74, 6) is 0. The van der Waals surface area contributed by atoms with Crippen LogP contribution in [0.1, 0.15) is 70.0 Å². The van der Waals surface area contributed by atoms with E-state index in [1.54, 1.807) is 0 Å². The summed E-state index contributed by atoms with van der Waals surface area (Å²) >= 11 is 1.83. The van der Waals surface area contributed by atoms with E-state index in [0.29, 0.717) is 0 Å². The van der Waals surface area contributed by atoms with Crippen LogP contribution >= 0.6 is 11.3 Å². The zero-order chi connectivity index (χ0) is 16.3. The van der Waals surface area contributed by atoms with Crippen molar-refractivity contribution in [2.75, 3.05) is 26.2 Å². The topological polar surface area (TPSA) is 19.4 Å². The first-order valence-corrected chi connectivity index (χ1v) is 10.3. The SMILES string of the molecule is CC(C)(C)c1nc(CN2CCCC(N3CCCCCC3)C2)cs1. The summed E-state index contributed by atoms with van der Waals surface area (Å²) in [6.07, 6.45) is 8.40. The first-order valence-electron chi connectivity index (χ1n) is 9.44. The maximum absolute atomic E-state index is 4.89. The van der Waals surface area contributed by atoms with Gasteiger partial charge in [0.05, 0.1) is 10.7 Å². The molecule has 0 radical (unpaired) electrons. The number of rotatable bonds is 3. The quantitative estimate of drug-likeness (QED) is 0.822. The Labute approximate surface area is 146 Å². The van der Waals surface area contributed by atoms with Crippen LogP contribution in [-0.4, -0.2) is 47.0 Å². The van der Waals surface area contributed by atoms with E-state index in [9.17, 15) is 0 Å². The molecule has 0 spiro atoms. The first kappa shape index (κ1) is 17.4. The predicted molar refractivity (Wildman–Crippen MR) is 99.2 cm³/mol. The van der Waals surface area contributed by atoms with Gasteiger partial charge < -0.3 is 0 Å². The molecule has 1 atom stereocenters. The highest BCUT2D eigenvalue weighted by Gasteiger charge is 2.26. The van der Waals surface area contributed by atoms with Crippen molar-refractivity contribution in [2.45, 2.75) is 77.3 Å². The Morgan fingerprint density at radius 3 is 2.48 bits per heavy atom. The van der Waals surface area contributed by atoms with Crippen LogP contribution in [0.4, 0.5) is 0 Å². The van der Waals surface area contributed by atoms with Crippen molar-refractivity contribution in [3.63, 3.8) is 0 Å². The molecule has 2 fully saturated rings. The Balaban J connectivity index is 1.57. The Hall–Kier alpha value is -0.450. The molecule has 4 heteroatoms. The Morgan fingerprint density at radius 2 is 1.83 bits per heavy atom. The molecule has 0 bridgehead atoms. The molecule has 0 amide bonds. The smallest absolute Gasteiger partial charge is 0.0982 e. The average molecular weight is 336 g/mol. The molecule has 0 N–H and O–H groups in total. The summed E-state index contributed by atoms with van der Waals surface area (Å²) in [5, 5.41) is 3.55. The van der Waals surface area contributed by atoms with Crippen LogP contribution in [0, 0.1) is 0 Å². The molecule has 0 aromatic carbocycles. The van der Waals surface area contributed by atoms with Crippen LogP contribution < -0.4 is 0 Å². The molecule has 3 heterocycles. The van der Waals surface area contributed by atoms with Crippen molar-refractivity contribution in [3.8, 4) is 0 Å². The highest BCUT2D eigenvalue weighted by Crippen LogP contribution is 2.27. The van der Waals surface area contributed by atoms with Gasteiger partial charge in [-0.25, -0.2) is 4.98 Å². The predicted octanol–water partition coefficient (Wildman–Crippen LogP) is 4.28. The van der Waals surface area contributed by atoms with E-state index in [1.165, 1.54) is 75.4 Å². The summed E-state index contributed by atoms with van der Waals surface area (Å²) in [6, 6.07) is 0.780. The van der Waals surface area contributed by atoms with E-state index in [0.717, 1.165) is 12.6 Å². The second kappa shape index (κ2) is 7.62. The minimum absolute atomic E-state index is 0.180. The average Bonchev–Trinajstić information content (AvgIpc) is 2.82. The number of piperidine rings is 1. The second-order valence-corrected chi connectivity index (χ2v) is 9.23. The normalized spacial score (nSPS) is 25.4. The van der Waals surface area contributed by atoms with Crippen molar-refractivity contribution in [2.24, 2.45) is 0 Å². The van der Waals surface area contributed by atoms with Gasteiger partial charge in [0, 0.05) is 29.9 Å². The lowest BCUT2D eigenvalue weighted by Crippen LogP contribution is -2.48. The monoisotopic (exact) mass is 335 g/mol. The van der Waals surface area contributed by atoms with E-state index in [4.69, 9.17) is 4.98 Å². The zero-order valence-electron chi connectivity index (χ0n) is 15.2. The van der Waals surface area contributed by atoms with E-state index in [1.807, 2.05) is 11.3 Å². The molecule has 0 saturated carbocycles. The van der Waals surface area contributed by atoms with Gasteiger partial charge in [-0.2, -0.15) is 0 Å². The van der Waals surface area contributed by atoms with Gasteiger partial charge >= 0.3 is 0 Å². The van der Waals surface area contributed by atoms with E-state index < -0.39 is 0 Å². The van der Waals surface area contributed by atoms with Crippen molar-refractivity contribution in [1.82, 2.24) is 14.8 Å². The highest BCUT2D eigenvalue weighted by atomic mass is 32.1. The largest absolute Gasteiger partial charge is 0.299 e. The molecular weight excluding hydrogens is 302 g/mol. The van der Waals surface area contributed by atoms with Gasteiger partial charge in [-0.1, -0.05) is 33.6 Å². The lowest BCUT2D eigenvalue weighted by molar-refractivity contribution is 0.0949. The van der Waals surface area contributed by atoms with Crippen LogP contribution in [0.2, 0.25) is 0 Å². The molecule has 23 heavy (non-hydrogen) atoms. The molecular formula is C19H33N3S. The summed E-state index contributed by atoms with van der Waals surface area (Å²) in [5.41, 5.74) is 1.45. The fourth-order valence-corrected chi connectivity index (χ4v) is 4.78. The third kappa shape index (κ3) is 4.77. The van der Waals surface area contributed by atoms with E-state index >= 15 is 0 Å². The highest BCUT2D eigenvalue weighted by molar-refractivity contribution is 7.09. The second-order valence-electron chi connectivity index (χ2n) is 8.38. The van der Waals surface area contributed by atoms with Gasteiger partial charge in [-0.3, -0.25) is 9.80 Å². The van der Waals surface area contributed by atoms with Crippen LogP contribution in [0.5, 0.6) is 0 Å². The van der Waals surface area contributed by atoms with Gasteiger partial charge in [-0.15, -0.1) is 11.3 Å². The summed E-state index contributed by atoms with van der Waals surface area (Å²) in [7, 11) is 0. The number of hydrogen-bond acceptors (Lipinski definition) is 4. The van der Waals surface area contributed by atoms with Gasteiger partial charge in [0.2, 0.25) is 0 Å². The molecule has 2 aliphatic rings. The summed E-state index contributed by atoms with van der Waals surface area (Å²) in [4.78, 5) is 10.3. The zero-order valence-corrected chi connectivity index (χ0v) is 16.0. The molecule has 3 nitrogen and oxygen atoms in total. The standard InChI is InChI=1S/C19H33N3S/c1-19(2,3)18-20-16(15-23-18)13-21-10-8-9-17(14-21)22-11-6-4-5-7-12-22/h15,17H,4-14H2,1-3H3. The fourth-order valence-electron chi connectivity index (χ4n) is 3.89.